The van der Waals surface area contributed by atoms with Crippen LogP contribution in [0.1, 0.15) is 42.5 Å². The molecule has 5 rings (SSSR count). The number of hydrogen-bond donors (Lipinski definition) is 1. The number of amides is 4. The summed E-state index contributed by atoms with van der Waals surface area (Å²) in [5.41, 5.74) is 3.83. The molecule has 7 nitrogen and oxygen atoms in total. The lowest BCUT2D eigenvalue weighted by Crippen LogP contribution is -2.37. The zero-order valence-corrected chi connectivity index (χ0v) is 18.8. The van der Waals surface area contributed by atoms with Crippen LogP contribution in [0.3, 0.4) is 0 Å². The summed E-state index contributed by atoms with van der Waals surface area (Å²) < 4.78 is 0. The van der Waals surface area contributed by atoms with Gasteiger partial charge in [0, 0.05) is 17.4 Å². The summed E-state index contributed by atoms with van der Waals surface area (Å²) in [5.74, 6) is -2.21. The smallest absolute Gasteiger partial charge is 0.334 e. The fourth-order valence-electron chi connectivity index (χ4n) is 4.75. The van der Waals surface area contributed by atoms with Crippen LogP contribution in [0.5, 0.6) is 0 Å². The van der Waals surface area contributed by atoms with Crippen LogP contribution in [0.2, 0.25) is 0 Å². The van der Waals surface area contributed by atoms with E-state index < -0.39 is 30.2 Å². The molecule has 172 valence electrons. The molecule has 1 saturated heterocycles. The molecule has 1 aliphatic heterocycles. The Kier molecular flexibility index (Phi) is 5.84. The van der Waals surface area contributed by atoms with Gasteiger partial charge in [0.25, 0.3) is 0 Å². The molecule has 0 unspecified atom stereocenters. The molecule has 2 heterocycles. The maximum absolute atomic E-state index is 13.5. The van der Waals surface area contributed by atoms with E-state index in [2.05, 4.69) is 11.1 Å². The lowest BCUT2D eigenvalue weighted by molar-refractivity contribution is -0.143. The summed E-state index contributed by atoms with van der Waals surface area (Å²) in [5, 5.41) is 0.706. The zero-order chi connectivity index (χ0) is 23.7. The number of H-pyrrole nitrogens is 1. The van der Waals surface area contributed by atoms with Gasteiger partial charge in [-0.3, -0.25) is 19.3 Å². The number of para-hydroxylation sites is 1. The van der Waals surface area contributed by atoms with Crippen molar-refractivity contribution in [1.82, 2.24) is 14.8 Å². The summed E-state index contributed by atoms with van der Waals surface area (Å²) in [7, 11) is 0. The van der Waals surface area contributed by atoms with Crippen molar-refractivity contribution in [3.8, 4) is 11.3 Å². The first-order valence-corrected chi connectivity index (χ1v) is 11.6. The van der Waals surface area contributed by atoms with Gasteiger partial charge in [0.1, 0.15) is 0 Å². The summed E-state index contributed by atoms with van der Waals surface area (Å²) >= 11 is 0. The van der Waals surface area contributed by atoms with Gasteiger partial charge in [0.15, 0.2) is 5.78 Å². The minimum Gasteiger partial charge on any atom is -0.354 e. The van der Waals surface area contributed by atoms with Gasteiger partial charge >= 0.3 is 17.8 Å². The minimum atomic E-state index is -0.947. The molecule has 0 radical (unpaired) electrons. The number of rotatable bonds is 7. The highest BCUT2D eigenvalue weighted by Crippen LogP contribution is 2.31. The van der Waals surface area contributed by atoms with Gasteiger partial charge in [-0.05, 0) is 43.7 Å². The summed E-state index contributed by atoms with van der Waals surface area (Å²) in [6.45, 7) is -0.327. The van der Waals surface area contributed by atoms with Gasteiger partial charge < -0.3 is 4.98 Å². The standard InChI is InChI=1S/C27H25N3O4/c31-22(23-20-13-7-8-14-21(20)28-24(23)19-11-5-2-6-12-19)17-30-26(33)25(32)29(27(30)34)16-15-18-9-3-1-4-10-18/h2,5-9,11-14,28H,1,3-4,10,15-17H2. The Morgan fingerprint density at radius 1 is 0.882 bits per heavy atom. The maximum atomic E-state index is 13.5. The van der Waals surface area contributed by atoms with E-state index >= 15 is 0 Å². The third kappa shape index (κ3) is 3.94. The van der Waals surface area contributed by atoms with Crippen LogP contribution in [0.4, 0.5) is 4.79 Å². The fourth-order valence-corrected chi connectivity index (χ4v) is 4.75. The van der Waals surface area contributed by atoms with Crippen molar-refractivity contribution in [3.63, 3.8) is 0 Å². The van der Waals surface area contributed by atoms with Crippen molar-refractivity contribution in [2.45, 2.75) is 32.1 Å². The first-order chi connectivity index (χ1) is 16.5. The monoisotopic (exact) mass is 455 g/mol. The number of Topliss-reactive ketones (excluding diaryl/α,β-unsaturated/α-hetero) is 1. The molecule has 2 aliphatic rings. The lowest BCUT2D eigenvalue weighted by atomic mass is 9.97. The quantitative estimate of drug-likeness (QED) is 0.242. The van der Waals surface area contributed by atoms with Crippen LogP contribution in [0.25, 0.3) is 22.2 Å². The second-order valence-electron chi connectivity index (χ2n) is 8.70. The zero-order valence-electron chi connectivity index (χ0n) is 18.8. The largest absolute Gasteiger partial charge is 0.354 e. The molecule has 1 fully saturated rings. The number of imide groups is 2. The molecule has 3 aromatic rings. The van der Waals surface area contributed by atoms with Gasteiger partial charge in [0.2, 0.25) is 0 Å². The molecular formula is C27H25N3O4. The Hall–Kier alpha value is -4.00. The lowest BCUT2D eigenvalue weighted by Gasteiger charge is -2.17. The number of ketones is 1. The van der Waals surface area contributed by atoms with Crippen LogP contribution in [-0.2, 0) is 9.59 Å². The predicted molar refractivity (Wildman–Crippen MR) is 128 cm³/mol. The van der Waals surface area contributed by atoms with Crippen molar-refractivity contribution < 1.29 is 19.2 Å². The SMILES string of the molecule is O=C(CN1C(=O)C(=O)N(CCC2=CCCCC2)C1=O)c1c(-c2ccccc2)[nH]c2ccccc12. The highest BCUT2D eigenvalue weighted by Gasteiger charge is 2.45. The van der Waals surface area contributed by atoms with Gasteiger partial charge in [0.05, 0.1) is 17.8 Å². The third-order valence-corrected chi connectivity index (χ3v) is 6.53. The van der Waals surface area contributed by atoms with Crippen molar-refractivity contribution in [2.75, 3.05) is 13.1 Å². The Morgan fingerprint density at radius 2 is 1.62 bits per heavy atom. The van der Waals surface area contributed by atoms with Crippen molar-refractivity contribution in [1.29, 1.82) is 0 Å². The van der Waals surface area contributed by atoms with Crippen LogP contribution >= 0.6 is 0 Å². The van der Waals surface area contributed by atoms with Gasteiger partial charge in [-0.15, -0.1) is 0 Å². The van der Waals surface area contributed by atoms with E-state index in [0.717, 1.165) is 46.6 Å². The molecule has 1 aromatic heterocycles. The molecule has 34 heavy (non-hydrogen) atoms. The van der Waals surface area contributed by atoms with Crippen molar-refractivity contribution in [2.24, 2.45) is 0 Å². The topological polar surface area (TPSA) is 90.6 Å². The predicted octanol–water partition coefficient (Wildman–Crippen LogP) is 4.70. The number of urea groups is 1. The molecule has 0 bridgehead atoms. The Morgan fingerprint density at radius 3 is 2.38 bits per heavy atom. The molecule has 1 N–H and O–H groups in total. The normalized spacial score (nSPS) is 16.5. The molecule has 0 atom stereocenters. The van der Waals surface area contributed by atoms with E-state index in [0.29, 0.717) is 23.1 Å². The van der Waals surface area contributed by atoms with Crippen LogP contribution in [-0.4, -0.2) is 51.5 Å². The third-order valence-electron chi connectivity index (χ3n) is 6.53. The summed E-state index contributed by atoms with van der Waals surface area (Å²) in [6, 6.07) is 16.1. The number of aromatic nitrogens is 1. The molecule has 2 aromatic carbocycles. The van der Waals surface area contributed by atoms with Crippen molar-refractivity contribution >= 4 is 34.5 Å². The Balaban J connectivity index is 1.40. The fraction of sp³-hybridized carbons (Fsp3) is 0.259. The second-order valence-corrected chi connectivity index (χ2v) is 8.70. The number of nitrogens with zero attached hydrogens (tertiary/aromatic N) is 2. The number of benzene rings is 2. The Bertz CT molecular complexity index is 1320. The van der Waals surface area contributed by atoms with E-state index in [-0.39, 0.29) is 6.54 Å². The molecule has 0 spiro atoms. The number of hydrogen-bond acceptors (Lipinski definition) is 4. The van der Waals surface area contributed by atoms with E-state index in [1.165, 1.54) is 5.57 Å². The first kappa shape index (κ1) is 21.8. The van der Waals surface area contributed by atoms with Crippen LogP contribution < -0.4 is 0 Å². The number of carbonyl (C=O) groups is 4. The molecule has 0 saturated carbocycles. The van der Waals surface area contributed by atoms with Crippen LogP contribution in [0.15, 0.2) is 66.2 Å². The van der Waals surface area contributed by atoms with E-state index in [4.69, 9.17) is 0 Å². The minimum absolute atomic E-state index is 0.155. The Labute approximate surface area is 197 Å². The van der Waals surface area contributed by atoms with Gasteiger partial charge in [-0.1, -0.05) is 60.2 Å². The van der Waals surface area contributed by atoms with Crippen LogP contribution in [0, 0.1) is 0 Å². The number of nitrogens with one attached hydrogen (secondary N) is 1. The van der Waals surface area contributed by atoms with E-state index in [9.17, 15) is 19.2 Å². The van der Waals surface area contributed by atoms with Gasteiger partial charge in [-0.2, -0.15) is 0 Å². The summed E-state index contributed by atoms with van der Waals surface area (Å²) in [4.78, 5) is 56.6. The highest BCUT2D eigenvalue weighted by molar-refractivity contribution is 6.45. The average molecular weight is 456 g/mol. The number of aromatic amines is 1. The van der Waals surface area contributed by atoms with E-state index in [1.807, 2.05) is 54.6 Å². The number of carbonyl (C=O) groups excluding carboxylic acids is 4. The average Bonchev–Trinajstić information content (AvgIpc) is 3.35. The van der Waals surface area contributed by atoms with Crippen molar-refractivity contribution in [3.05, 3.63) is 71.8 Å². The van der Waals surface area contributed by atoms with E-state index in [1.54, 1.807) is 0 Å². The second kappa shape index (κ2) is 9.09. The number of allylic oxidation sites excluding steroid dienone is 1. The van der Waals surface area contributed by atoms with Gasteiger partial charge in [-0.25, -0.2) is 9.69 Å². The molecule has 4 amide bonds. The first-order valence-electron chi connectivity index (χ1n) is 11.6. The summed E-state index contributed by atoms with van der Waals surface area (Å²) in [6.07, 6.45) is 6.92. The maximum Gasteiger partial charge on any atom is 0.334 e. The molecular weight excluding hydrogens is 430 g/mol. The number of fused-ring (bicyclic) bond motifs is 1. The highest BCUT2D eigenvalue weighted by atomic mass is 16.2. The molecule has 1 aliphatic carbocycles. The molecule has 7 heteroatoms.